The van der Waals surface area contributed by atoms with E-state index in [9.17, 15) is 14.4 Å². The highest BCUT2D eigenvalue weighted by molar-refractivity contribution is 6.34. The van der Waals surface area contributed by atoms with Gasteiger partial charge in [0.05, 0.1) is 17.3 Å². The smallest absolute Gasteiger partial charge is 0.254 e. The van der Waals surface area contributed by atoms with E-state index in [-0.39, 0.29) is 30.7 Å². The van der Waals surface area contributed by atoms with Gasteiger partial charge in [0.1, 0.15) is 18.4 Å². The molecule has 1 N–H and O–H groups in total. The monoisotopic (exact) mass is 386 g/mol. The molecule has 27 heavy (non-hydrogen) atoms. The van der Waals surface area contributed by atoms with Crippen molar-refractivity contribution in [3.63, 3.8) is 0 Å². The molecule has 0 saturated heterocycles. The van der Waals surface area contributed by atoms with Gasteiger partial charge in [0, 0.05) is 18.1 Å². The highest BCUT2D eigenvalue weighted by atomic mass is 35.5. The van der Waals surface area contributed by atoms with Gasteiger partial charge in [0.2, 0.25) is 5.91 Å². The Balaban J connectivity index is 1.72. The fourth-order valence-corrected chi connectivity index (χ4v) is 3.34. The average Bonchev–Trinajstić information content (AvgIpc) is 2.88. The molecular weight excluding hydrogens is 368 g/mol. The number of benzene rings is 2. The molecule has 1 heterocycles. The van der Waals surface area contributed by atoms with Crippen molar-refractivity contribution in [2.75, 3.05) is 18.1 Å². The number of halogens is 1. The molecule has 0 aliphatic carbocycles. The Morgan fingerprint density at radius 2 is 1.85 bits per heavy atom. The van der Waals surface area contributed by atoms with Crippen molar-refractivity contribution in [1.82, 2.24) is 5.32 Å². The minimum absolute atomic E-state index is 0.0144. The zero-order valence-corrected chi connectivity index (χ0v) is 15.7. The Kier molecular flexibility index (Phi) is 5.46. The van der Waals surface area contributed by atoms with E-state index in [0.29, 0.717) is 27.6 Å². The predicted octanol–water partition coefficient (Wildman–Crippen LogP) is 3.15. The highest BCUT2D eigenvalue weighted by Crippen LogP contribution is 2.40. The zero-order chi connectivity index (χ0) is 19.6. The Hall–Kier alpha value is -2.86. The summed E-state index contributed by atoms with van der Waals surface area (Å²) in [6.07, 6.45) is 0. The molecule has 2 aromatic carbocycles. The Bertz CT molecular complexity index is 895. The Labute approximate surface area is 162 Å². The first-order chi connectivity index (χ1) is 12.9. The van der Waals surface area contributed by atoms with Gasteiger partial charge in [-0.3, -0.25) is 14.4 Å². The van der Waals surface area contributed by atoms with Crippen LogP contribution in [-0.2, 0) is 9.59 Å². The van der Waals surface area contributed by atoms with Crippen molar-refractivity contribution in [2.24, 2.45) is 0 Å². The van der Waals surface area contributed by atoms with Crippen LogP contribution < -0.4 is 15.0 Å². The molecule has 3 rings (SSSR count). The normalized spacial score (nSPS) is 15.4. The maximum absolute atomic E-state index is 12.8. The molecule has 0 bridgehead atoms. The van der Waals surface area contributed by atoms with Crippen LogP contribution in [0.3, 0.4) is 0 Å². The van der Waals surface area contributed by atoms with Crippen LogP contribution in [0.25, 0.3) is 0 Å². The van der Waals surface area contributed by atoms with Crippen LogP contribution in [0.15, 0.2) is 42.5 Å². The van der Waals surface area contributed by atoms with Crippen molar-refractivity contribution in [1.29, 1.82) is 0 Å². The van der Waals surface area contributed by atoms with Crippen molar-refractivity contribution >= 4 is 34.9 Å². The minimum atomic E-state index is -0.744. The summed E-state index contributed by atoms with van der Waals surface area (Å²) in [7, 11) is 0. The topological polar surface area (TPSA) is 75.7 Å². The molecule has 0 radical (unpaired) electrons. The molecule has 0 fully saturated rings. The van der Waals surface area contributed by atoms with E-state index in [0.717, 1.165) is 0 Å². The summed E-state index contributed by atoms with van der Waals surface area (Å²) in [5, 5.41) is 3.11. The maximum Gasteiger partial charge on any atom is 0.254 e. The fourth-order valence-electron chi connectivity index (χ4n) is 3.05. The number of rotatable bonds is 6. The van der Waals surface area contributed by atoms with E-state index in [1.54, 1.807) is 42.5 Å². The first-order valence-corrected chi connectivity index (χ1v) is 8.87. The van der Waals surface area contributed by atoms with Crippen molar-refractivity contribution in [2.45, 2.75) is 19.9 Å². The molecule has 2 aromatic rings. The quantitative estimate of drug-likeness (QED) is 0.774. The molecule has 1 aliphatic rings. The molecule has 0 unspecified atom stereocenters. The number of carbonyl (C=O) groups is 3. The van der Waals surface area contributed by atoms with E-state index < -0.39 is 6.04 Å². The number of hydrogen-bond acceptors (Lipinski definition) is 4. The lowest BCUT2D eigenvalue weighted by molar-refractivity contribution is -0.126. The third-order valence-corrected chi connectivity index (χ3v) is 4.61. The zero-order valence-electron chi connectivity index (χ0n) is 15.0. The third kappa shape index (κ3) is 3.95. The second-order valence-electron chi connectivity index (χ2n) is 6.23. The second kappa shape index (κ2) is 7.80. The summed E-state index contributed by atoms with van der Waals surface area (Å²) in [4.78, 5) is 37.1. The van der Waals surface area contributed by atoms with Gasteiger partial charge in [-0.25, -0.2) is 0 Å². The SMILES string of the molecule is CC(=O)N[C@H]1C(=O)N(CCOc2ccc(C(C)=O)cc2)c2c(Cl)cccc21. The summed E-state index contributed by atoms with van der Waals surface area (Å²) in [5.41, 5.74) is 1.88. The van der Waals surface area contributed by atoms with Gasteiger partial charge in [-0.15, -0.1) is 0 Å². The summed E-state index contributed by atoms with van der Waals surface area (Å²) in [5.74, 6) is 0.0516. The number of amides is 2. The number of Topliss-reactive ketones (excluding diaryl/α,β-unsaturated/α-hetero) is 1. The van der Waals surface area contributed by atoms with E-state index >= 15 is 0 Å². The number of hydrogen-bond donors (Lipinski definition) is 1. The van der Waals surface area contributed by atoms with Gasteiger partial charge >= 0.3 is 0 Å². The fraction of sp³-hybridized carbons (Fsp3) is 0.250. The molecule has 0 spiro atoms. The van der Waals surface area contributed by atoms with Crippen molar-refractivity contribution in [3.8, 4) is 5.75 Å². The molecule has 0 aromatic heterocycles. The van der Waals surface area contributed by atoms with Crippen LogP contribution in [0.5, 0.6) is 5.75 Å². The largest absolute Gasteiger partial charge is 0.492 e. The number of para-hydroxylation sites is 1. The number of fused-ring (bicyclic) bond motifs is 1. The van der Waals surface area contributed by atoms with Gasteiger partial charge < -0.3 is 15.0 Å². The van der Waals surface area contributed by atoms with E-state index in [1.807, 2.05) is 0 Å². The van der Waals surface area contributed by atoms with E-state index in [4.69, 9.17) is 16.3 Å². The van der Waals surface area contributed by atoms with Gasteiger partial charge in [0.25, 0.3) is 5.91 Å². The summed E-state index contributed by atoms with van der Waals surface area (Å²) >= 11 is 6.30. The number of carbonyl (C=O) groups excluding carboxylic acids is 3. The lowest BCUT2D eigenvalue weighted by Crippen LogP contribution is -2.38. The predicted molar refractivity (Wildman–Crippen MR) is 102 cm³/mol. The number of ether oxygens (including phenoxy) is 1. The molecule has 2 amide bonds. The van der Waals surface area contributed by atoms with Gasteiger partial charge in [-0.2, -0.15) is 0 Å². The standard InChI is InChI=1S/C20H19ClN2O4/c1-12(24)14-6-8-15(9-7-14)27-11-10-23-19-16(4-3-5-17(19)21)18(20(23)26)22-13(2)25/h3-9,18H,10-11H2,1-2H3,(H,22,25)/t18-/m1/s1. The molecule has 140 valence electrons. The first kappa shape index (κ1) is 18.9. The average molecular weight is 387 g/mol. The molecule has 1 aliphatic heterocycles. The van der Waals surface area contributed by atoms with Crippen LogP contribution in [-0.4, -0.2) is 30.7 Å². The van der Waals surface area contributed by atoms with Gasteiger partial charge in [-0.05, 0) is 37.3 Å². The maximum atomic E-state index is 12.8. The minimum Gasteiger partial charge on any atom is -0.492 e. The Morgan fingerprint density at radius 3 is 2.48 bits per heavy atom. The summed E-state index contributed by atoms with van der Waals surface area (Å²) in [6.45, 7) is 3.39. The number of nitrogens with one attached hydrogen (secondary N) is 1. The van der Waals surface area contributed by atoms with Crippen molar-refractivity contribution in [3.05, 3.63) is 58.6 Å². The van der Waals surface area contributed by atoms with E-state index in [2.05, 4.69) is 5.32 Å². The molecular formula is C20H19ClN2O4. The molecule has 1 atom stereocenters. The van der Waals surface area contributed by atoms with Crippen LogP contribution in [0.2, 0.25) is 5.02 Å². The van der Waals surface area contributed by atoms with Gasteiger partial charge in [0.15, 0.2) is 5.78 Å². The lowest BCUT2D eigenvalue weighted by Gasteiger charge is -2.19. The Morgan fingerprint density at radius 1 is 1.15 bits per heavy atom. The molecule has 0 saturated carbocycles. The van der Waals surface area contributed by atoms with Crippen molar-refractivity contribution < 1.29 is 19.1 Å². The summed E-state index contributed by atoms with van der Waals surface area (Å²) in [6, 6.07) is 11.3. The lowest BCUT2D eigenvalue weighted by atomic mass is 10.1. The highest BCUT2D eigenvalue weighted by Gasteiger charge is 2.38. The van der Waals surface area contributed by atoms with Crippen LogP contribution in [0.4, 0.5) is 5.69 Å². The third-order valence-electron chi connectivity index (χ3n) is 4.30. The summed E-state index contributed by atoms with van der Waals surface area (Å²) < 4.78 is 5.69. The number of ketones is 1. The molecule has 6 nitrogen and oxygen atoms in total. The van der Waals surface area contributed by atoms with Crippen LogP contribution in [0.1, 0.15) is 35.8 Å². The first-order valence-electron chi connectivity index (χ1n) is 8.49. The number of nitrogens with zero attached hydrogens (tertiary/aromatic N) is 1. The van der Waals surface area contributed by atoms with E-state index in [1.165, 1.54) is 18.7 Å². The van der Waals surface area contributed by atoms with Gasteiger partial charge in [-0.1, -0.05) is 23.7 Å². The number of anilines is 1. The second-order valence-corrected chi connectivity index (χ2v) is 6.64. The molecule has 7 heteroatoms. The van der Waals surface area contributed by atoms with Crippen LogP contribution in [0, 0.1) is 0 Å². The van der Waals surface area contributed by atoms with Crippen LogP contribution >= 0.6 is 11.6 Å².